The summed E-state index contributed by atoms with van der Waals surface area (Å²) < 4.78 is 0. The third-order valence-corrected chi connectivity index (χ3v) is 2.46. The van der Waals surface area contributed by atoms with Crippen LogP contribution in [0.25, 0.3) is 0 Å². The highest BCUT2D eigenvalue weighted by Crippen LogP contribution is 2.17. The van der Waals surface area contributed by atoms with Gasteiger partial charge in [0.2, 0.25) is 0 Å². The molecule has 0 spiro atoms. The number of amides is 2. The van der Waals surface area contributed by atoms with Gasteiger partial charge < -0.3 is 15.3 Å². The van der Waals surface area contributed by atoms with Gasteiger partial charge in [-0.2, -0.15) is 0 Å². The number of rotatable bonds is 0. The predicted molar refractivity (Wildman–Crippen MR) is 55.1 cm³/mol. The van der Waals surface area contributed by atoms with E-state index in [2.05, 4.69) is 5.32 Å². The highest BCUT2D eigenvalue weighted by molar-refractivity contribution is 5.75. The molecule has 0 bridgehead atoms. The summed E-state index contributed by atoms with van der Waals surface area (Å²) in [5.41, 5.74) is -0.218. The number of aliphatic hydroxyl groups excluding tert-OH is 1. The first-order valence-electron chi connectivity index (χ1n) is 5.08. The molecule has 4 heteroatoms. The van der Waals surface area contributed by atoms with Gasteiger partial charge in [0.25, 0.3) is 0 Å². The van der Waals surface area contributed by atoms with Gasteiger partial charge in [0.1, 0.15) is 0 Å². The van der Waals surface area contributed by atoms with Crippen molar-refractivity contribution in [1.29, 1.82) is 0 Å². The Balaban J connectivity index is 2.54. The van der Waals surface area contributed by atoms with Crippen molar-refractivity contribution in [3.8, 4) is 0 Å². The minimum Gasteiger partial charge on any atom is -0.391 e. The van der Waals surface area contributed by atoms with E-state index < -0.39 is 0 Å². The van der Waals surface area contributed by atoms with Crippen molar-refractivity contribution in [1.82, 2.24) is 10.2 Å². The monoisotopic (exact) mass is 200 g/mol. The van der Waals surface area contributed by atoms with Crippen LogP contribution >= 0.6 is 0 Å². The molecule has 1 aliphatic rings. The lowest BCUT2D eigenvalue weighted by molar-refractivity contribution is 0.128. The zero-order valence-electron chi connectivity index (χ0n) is 9.37. The van der Waals surface area contributed by atoms with Gasteiger partial charge in [0, 0.05) is 12.1 Å². The molecule has 0 aliphatic carbocycles. The Morgan fingerprint density at radius 3 is 2.43 bits per heavy atom. The van der Waals surface area contributed by atoms with Crippen LogP contribution < -0.4 is 5.32 Å². The van der Waals surface area contributed by atoms with Crippen LogP contribution in [0.2, 0.25) is 0 Å². The lowest BCUT2D eigenvalue weighted by Crippen LogP contribution is -2.50. The summed E-state index contributed by atoms with van der Waals surface area (Å²) in [6, 6.07) is -0.154. The van der Waals surface area contributed by atoms with Crippen LogP contribution in [0.3, 0.4) is 0 Å². The summed E-state index contributed by atoms with van der Waals surface area (Å²) in [5, 5.41) is 12.4. The van der Waals surface area contributed by atoms with Crippen molar-refractivity contribution >= 4 is 6.03 Å². The second-order valence-electron chi connectivity index (χ2n) is 4.97. The quantitative estimate of drug-likeness (QED) is 0.611. The van der Waals surface area contributed by atoms with E-state index in [9.17, 15) is 9.90 Å². The van der Waals surface area contributed by atoms with Crippen LogP contribution in [-0.2, 0) is 0 Å². The Hall–Kier alpha value is -0.770. The molecule has 0 aromatic carbocycles. The summed E-state index contributed by atoms with van der Waals surface area (Å²) in [7, 11) is 0. The zero-order valence-corrected chi connectivity index (χ0v) is 9.37. The SMILES string of the molecule is CC1C(O)CCN1C(=O)NC(C)(C)C. The molecule has 0 saturated carbocycles. The van der Waals surface area contributed by atoms with Crippen LogP contribution in [0.15, 0.2) is 0 Å². The van der Waals surface area contributed by atoms with E-state index >= 15 is 0 Å². The van der Waals surface area contributed by atoms with Crippen molar-refractivity contribution in [2.45, 2.75) is 51.8 Å². The average Bonchev–Trinajstić information content (AvgIpc) is 2.29. The number of hydrogen-bond donors (Lipinski definition) is 2. The molecule has 0 radical (unpaired) electrons. The first-order valence-corrected chi connectivity index (χ1v) is 5.08. The van der Waals surface area contributed by atoms with Gasteiger partial charge in [-0.1, -0.05) is 0 Å². The van der Waals surface area contributed by atoms with Gasteiger partial charge in [-0.05, 0) is 34.1 Å². The molecule has 1 heterocycles. The second kappa shape index (κ2) is 3.77. The van der Waals surface area contributed by atoms with Crippen LogP contribution in [-0.4, -0.2) is 40.3 Å². The van der Waals surface area contributed by atoms with E-state index in [-0.39, 0.29) is 23.7 Å². The maximum Gasteiger partial charge on any atom is 0.318 e. The lowest BCUT2D eigenvalue weighted by atomic mass is 10.1. The van der Waals surface area contributed by atoms with E-state index in [1.165, 1.54) is 0 Å². The number of hydrogen-bond acceptors (Lipinski definition) is 2. The third kappa shape index (κ3) is 2.61. The summed E-state index contributed by atoms with van der Waals surface area (Å²) in [5.74, 6) is 0. The minimum absolute atomic E-state index is 0.0719. The minimum atomic E-state index is -0.374. The molecule has 2 N–H and O–H groups in total. The number of urea groups is 1. The number of carbonyl (C=O) groups excluding carboxylic acids is 1. The molecule has 4 nitrogen and oxygen atoms in total. The number of likely N-dealkylation sites (tertiary alicyclic amines) is 1. The van der Waals surface area contributed by atoms with Crippen molar-refractivity contribution in [2.24, 2.45) is 0 Å². The van der Waals surface area contributed by atoms with E-state index in [1.54, 1.807) is 4.90 Å². The molecule has 82 valence electrons. The molecule has 0 aromatic heterocycles. The van der Waals surface area contributed by atoms with Gasteiger partial charge in [0.15, 0.2) is 0 Å². The standard InChI is InChI=1S/C10H20N2O2/c1-7-8(13)5-6-12(7)9(14)11-10(2,3)4/h7-8,13H,5-6H2,1-4H3,(H,11,14). The highest BCUT2D eigenvalue weighted by Gasteiger charge is 2.33. The zero-order chi connectivity index (χ0) is 10.9. The van der Waals surface area contributed by atoms with Crippen molar-refractivity contribution < 1.29 is 9.90 Å². The Morgan fingerprint density at radius 2 is 2.07 bits per heavy atom. The summed E-state index contributed by atoms with van der Waals surface area (Å²) in [4.78, 5) is 13.4. The molecular formula is C10H20N2O2. The smallest absolute Gasteiger partial charge is 0.318 e. The average molecular weight is 200 g/mol. The second-order valence-corrected chi connectivity index (χ2v) is 4.97. The van der Waals surface area contributed by atoms with Crippen LogP contribution in [0, 0.1) is 0 Å². The molecule has 0 aromatic rings. The topological polar surface area (TPSA) is 52.6 Å². The Morgan fingerprint density at radius 1 is 1.50 bits per heavy atom. The fourth-order valence-electron chi connectivity index (χ4n) is 1.60. The molecule has 1 rings (SSSR count). The molecule has 14 heavy (non-hydrogen) atoms. The maximum atomic E-state index is 11.7. The molecule has 1 aliphatic heterocycles. The first-order chi connectivity index (χ1) is 6.31. The van der Waals surface area contributed by atoms with Gasteiger partial charge in [-0.25, -0.2) is 4.79 Å². The summed E-state index contributed by atoms with van der Waals surface area (Å²) >= 11 is 0. The molecule has 1 saturated heterocycles. The van der Waals surface area contributed by atoms with Gasteiger partial charge >= 0.3 is 6.03 Å². The largest absolute Gasteiger partial charge is 0.391 e. The van der Waals surface area contributed by atoms with Crippen LogP contribution in [0.5, 0.6) is 0 Å². The van der Waals surface area contributed by atoms with Crippen LogP contribution in [0.1, 0.15) is 34.1 Å². The highest BCUT2D eigenvalue weighted by atomic mass is 16.3. The molecule has 2 amide bonds. The van der Waals surface area contributed by atoms with Gasteiger partial charge in [-0.3, -0.25) is 0 Å². The van der Waals surface area contributed by atoms with Gasteiger partial charge in [-0.15, -0.1) is 0 Å². The number of carbonyl (C=O) groups is 1. The Kier molecular flexibility index (Phi) is 3.04. The van der Waals surface area contributed by atoms with Crippen molar-refractivity contribution in [3.63, 3.8) is 0 Å². The number of nitrogens with one attached hydrogen (secondary N) is 1. The first kappa shape index (κ1) is 11.3. The van der Waals surface area contributed by atoms with E-state index in [0.717, 1.165) is 0 Å². The third-order valence-electron chi connectivity index (χ3n) is 2.46. The Labute approximate surface area is 85.3 Å². The molecule has 2 atom stereocenters. The summed E-state index contributed by atoms with van der Waals surface area (Å²) in [6.07, 6.45) is 0.305. The fraction of sp³-hybridized carbons (Fsp3) is 0.900. The maximum absolute atomic E-state index is 11.7. The Bertz CT molecular complexity index is 223. The predicted octanol–water partition coefficient (Wildman–Crippen LogP) is 0.950. The number of nitrogens with zero attached hydrogens (tertiary/aromatic N) is 1. The van der Waals surface area contributed by atoms with E-state index in [1.807, 2.05) is 27.7 Å². The molecule has 1 fully saturated rings. The van der Waals surface area contributed by atoms with E-state index in [0.29, 0.717) is 13.0 Å². The molecule has 2 unspecified atom stereocenters. The van der Waals surface area contributed by atoms with Crippen LogP contribution in [0.4, 0.5) is 4.79 Å². The van der Waals surface area contributed by atoms with Gasteiger partial charge in [0.05, 0.1) is 12.1 Å². The number of aliphatic hydroxyl groups is 1. The van der Waals surface area contributed by atoms with Crippen molar-refractivity contribution in [2.75, 3.05) is 6.54 Å². The molecular weight excluding hydrogens is 180 g/mol. The van der Waals surface area contributed by atoms with E-state index in [4.69, 9.17) is 0 Å². The van der Waals surface area contributed by atoms with Crippen molar-refractivity contribution in [3.05, 3.63) is 0 Å². The fourth-order valence-corrected chi connectivity index (χ4v) is 1.60. The summed E-state index contributed by atoms with van der Waals surface area (Å²) in [6.45, 7) is 8.36. The normalized spacial score (nSPS) is 27.9. The lowest BCUT2D eigenvalue weighted by Gasteiger charge is -2.28.